The highest BCUT2D eigenvalue weighted by molar-refractivity contribution is 7.76. The molecule has 1 aliphatic rings. The van der Waals surface area contributed by atoms with Gasteiger partial charge in [-0.2, -0.15) is 14.6 Å². The summed E-state index contributed by atoms with van der Waals surface area (Å²) in [5.74, 6) is 0.829. The Hall–Kier alpha value is -3.59. The Kier molecular flexibility index (Phi) is 8.33. The molecule has 4 rings (SSSR count). The largest absolute Gasteiger partial charge is 0.490 e. The fraction of sp³-hybridized carbons (Fsp3) is 0.385. The number of hydrogen-bond donors (Lipinski definition) is 1. The molecule has 0 fully saturated rings. The van der Waals surface area contributed by atoms with Gasteiger partial charge >= 0.3 is 5.97 Å². The minimum Gasteiger partial charge on any atom is -0.490 e. The number of benzene rings is 2. The molecule has 1 N–H and O–H groups in total. The molecule has 0 radical (unpaired) electrons. The number of rotatable bonds is 10. The monoisotopic (exact) mass is 524 g/mol. The number of fused-ring (bicyclic) bond motifs is 1. The number of hydrogen-bond acceptors (Lipinski definition) is 8. The summed E-state index contributed by atoms with van der Waals surface area (Å²) in [7, 11) is 0. The number of carbonyl (C=O) groups is 1. The van der Waals surface area contributed by atoms with E-state index >= 15 is 0 Å². The van der Waals surface area contributed by atoms with Crippen LogP contribution in [0.4, 0.5) is 0 Å². The third-order valence-electron chi connectivity index (χ3n) is 6.06. The van der Waals surface area contributed by atoms with Crippen LogP contribution in [0.1, 0.15) is 49.8 Å². The summed E-state index contributed by atoms with van der Waals surface area (Å²) < 4.78 is 39.1. The Bertz CT molecular complexity index is 1350. The Morgan fingerprint density at radius 3 is 2.86 bits per heavy atom. The fourth-order valence-electron chi connectivity index (χ4n) is 4.47. The third kappa shape index (κ3) is 6.22. The minimum absolute atomic E-state index is 0.0291. The standard InChI is InChI=1S/C26H28N4O6S/c1-16(2)35-24-10-8-18(13-20(24)14-27)26-28-25(29-36-26)23-6-4-5-21-19(7-9-22(21)23)15-30(37(32)33)11-12-34-17(3)31/h4-6,8,10,13,16,19H,7,9,11-12,15H2,1-3H3,(H,32,33)/t19-/m0/s1. The lowest BCUT2D eigenvalue weighted by Gasteiger charge is -2.22. The molecule has 0 aliphatic heterocycles. The quantitative estimate of drug-likeness (QED) is 0.307. The molecule has 194 valence electrons. The summed E-state index contributed by atoms with van der Waals surface area (Å²) in [6.07, 6.45) is 1.49. The second kappa shape index (κ2) is 11.6. The van der Waals surface area contributed by atoms with Gasteiger partial charge in [0.1, 0.15) is 18.4 Å². The van der Waals surface area contributed by atoms with Gasteiger partial charge < -0.3 is 14.0 Å². The Balaban J connectivity index is 1.55. The lowest BCUT2D eigenvalue weighted by atomic mass is 9.98. The van der Waals surface area contributed by atoms with Gasteiger partial charge in [0, 0.05) is 31.1 Å². The van der Waals surface area contributed by atoms with Crippen molar-refractivity contribution in [1.82, 2.24) is 14.4 Å². The second-order valence-corrected chi connectivity index (χ2v) is 9.96. The van der Waals surface area contributed by atoms with Crippen LogP contribution in [0.3, 0.4) is 0 Å². The van der Waals surface area contributed by atoms with Gasteiger partial charge in [0.25, 0.3) is 5.89 Å². The zero-order valence-corrected chi connectivity index (χ0v) is 21.7. The molecule has 1 aromatic heterocycles. The van der Waals surface area contributed by atoms with Gasteiger partial charge in [-0.25, -0.2) is 4.21 Å². The first-order valence-electron chi connectivity index (χ1n) is 11.9. The number of carbonyl (C=O) groups excluding carboxylic acids is 1. The van der Waals surface area contributed by atoms with Gasteiger partial charge in [-0.1, -0.05) is 23.4 Å². The van der Waals surface area contributed by atoms with Crippen molar-refractivity contribution in [3.63, 3.8) is 0 Å². The number of aromatic nitrogens is 2. The van der Waals surface area contributed by atoms with Crippen molar-refractivity contribution in [3.05, 3.63) is 53.1 Å². The summed E-state index contributed by atoms with van der Waals surface area (Å²) in [6.45, 7) is 5.65. The summed E-state index contributed by atoms with van der Waals surface area (Å²) >= 11 is -2.19. The second-order valence-electron chi connectivity index (χ2n) is 8.98. The number of nitrogens with zero attached hydrogens (tertiary/aromatic N) is 4. The molecule has 1 unspecified atom stereocenters. The number of esters is 1. The first kappa shape index (κ1) is 26.5. The van der Waals surface area contributed by atoms with Crippen molar-refractivity contribution in [1.29, 1.82) is 5.26 Å². The molecule has 11 heteroatoms. The van der Waals surface area contributed by atoms with Gasteiger partial charge in [-0.3, -0.25) is 9.35 Å². The van der Waals surface area contributed by atoms with Crippen molar-refractivity contribution in [2.24, 2.45) is 0 Å². The zero-order chi connectivity index (χ0) is 26.5. The first-order valence-corrected chi connectivity index (χ1v) is 13.0. The average molecular weight is 525 g/mol. The van der Waals surface area contributed by atoms with Gasteiger partial charge in [0.15, 0.2) is 0 Å². The molecular weight excluding hydrogens is 496 g/mol. The van der Waals surface area contributed by atoms with Crippen LogP contribution in [0.15, 0.2) is 40.9 Å². The van der Waals surface area contributed by atoms with Crippen LogP contribution in [-0.2, 0) is 27.2 Å². The highest BCUT2D eigenvalue weighted by Gasteiger charge is 2.29. The summed E-state index contributed by atoms with van der Waals surface area (Å²) in [5.41, 5.74) is 3.97. The van der Waals surface area contributed by atoms with E-state index in [2.05, 4.69) is 16.2 Å². The number of nitriles is 1. The molecular formula is C26H28N4O6S. The van der Waals surface area contributed by atoms with Gasteiger partial charge in [0.05, 0.1) is 11.7 Å². The smallest absolute Gasteiger partial charge is 0.302 e. The van der Waals surface area contributed by atoms with Crippen LogP contribution in [0.5, 0.6) is 5.75 Å². The highest BCUT2D eigenvalue weighted by Crippen LogP contribution is 2.39. The van der Waals surface area contributed by atoms with Crippen molar-refractivity contribution < 1.29 is 27.6 Å². The molecule has 3 aromatic rings. The molecule has 1 aliphatic carbocycles. The summed E-state index contributed by atoms with van der Waals surface area (Å²) in [6, 6.07) is 13.2. The van der Waals surface area contributed by atoms with E-state index < -0.39 is 17.2 Å². The maximum atomic E-state index is 11.9. The highest BCUT2D eigenvalue weighted by atomic mass is 32.2. The number of ether oxygens (including phenoxy) is 2. The van der Waals surface area contributed by atoms with E-state index in [-0.39, 0.29) is 25.2 Å². The Labute approximate surface area is 217 Å². The molecule has 0 amide bonds. The van der Waals surface area contributed by atoms with Gasteiger partial charge in [-0.05, 0) is 61.9 Å². The molecule has 0 saturated carbocycles. The predicted molar refractivity (Wildman–Crippen MR) is 136 cm³/mol. The maximum absolute atomic E-state index is 11.9. The van der Waals surface area contributed by atoms with Crippen LogP contribution in [0, 0.1) is 11.3 Å². The average Bonchev–Trinajstić information content (AvgIpc) is 3.51. The van der Waals surface area contributed by atoms with Gasteiger partial charge in [0.2, 0.25) is 17.1 Å². The van der Waals surface area contributed by atoms with E-state index in [0.717, 1.165) is 29.5 Å². The molecule has 37 heavy (non-hydrogen) atoms. The minimum atomic E-state index is -2.19. The van der Waals surface area contributed by atoms with E-state index in [4.69, 9.17) is 14.0 Å². The van der Waals surface area contributed by atoms with E-state index in [1.54, 1.807) is 18.2 Å². The molecule has 1 heterocycles. The molecule has 2 atom stereocenters. The van der Waals surface area contributed by atoms with Crippen LogP contribution in [-0.4, -0.2) is 55.0 Å². The predicted octanol–water partition coefficient (Wildman–Crippen LogP) is 4.09. The summed E-state index contributed by atoms with van der Waals surface area (Å²) in [5, 5.41) is 13.7. The van der Waals surface area contributed by atoms with E-state index in [1.165, 1.54) is 11.2 Å². The van der Waals surface area contributed by atoms with E-state index in [9.17, 15) is 18.8 Å². The molecule has 10 nitrogen and oxygen atoms in total. The van der Waals surface area contributed by atoms with Crippen molar-refractivity contribution in [2.45, 2.75) is 45.6 Å². The topological polar surface area (TPSA) is 139 Å². The van der Waals surface area contributed by atoms with E-state index in [0.29, 0.717) is 35.1 Å². The van der Waals surface area contributed by atoms with Crippen LogP contribution in [0.25, 0.3) is 22.8 Å². The molecule has 0 bridgehead atoms. The SMILES string of the molecule is CC(=O)OCCN(C[C@@H]1CCc2c(-c3noc(-c4ccc(OC(C)C)c(C#N)c4)n3)cccc21)S(=O)O. The fourth-order valence-corrected chi connectivity index (χ4v) is 5.00. The lowest BCUT2D eigenvalue weighted by Crippen LogP contribution is -2.33. The molecule has 0 saturated heterocycles. The van der Waals surface area contributed by atoms with Crippen molar-refractivity contribution in [3.8, 4) is 34.7 Å². The normalized spacial score (nSPS) is 15.4. The van der Waals surface area contributed by atoms with Gasteiger partial charge in [-0.15, -0.1) is 0 Å². The van der Waals surface area contributed by atoms with E-state index in [1.807, 2.05) is 32.0 Å². The van der Waals surface area contributed by atoms with Crippen LogP contribution in [0.2, 0.25) is 0 Å². The maximum Gasteiger partial charge on any atom is 0.302 e. The third-order valence-corrected chi connectivity index (χ3v) is 6.84. The van der Waals surface area contributed by atoms with Crippen LogP contribution < -0.4 is 4.74 Å². The lowest BCUT2D eigenvalue weighted by molar-refractivity contribution is -0.141. The molecule has 2 aromatic carbocycles. The Morgan fingerprint density at radius 2 is 2.16 bits per heavy atom. The Morgan fingerprint density at radius 1 is 1.35 bits per heavy atom. The van der Waals surface area contributed by atoms with Crippen molar-refractivity contribution in [2.75, 3.05) is 19.7 Å². The first-order chi connectivity index (χ1) is 17.8. The zero-order valence-electron chi connectivity index (χ0n) is 20.8. The van der Waals surface area contributed by atoms with Crippen molar-refractivity contribution >= 4 is 17.2 Å². The summed E-state index contributed by atoms with van der Waals surface area (Å²) in [4.78, 5) is 15.6. The molecule has 0 spiro atoms. The van der Waals surface area contributed by atoms with Crippen LogP contribution >= 0.6 is 0 Å².